The normalized spacial score (nSPS) is 21.2. The summed E-state index contributed by atoms with van der Waals surface area (Å²) in [6.45, 7) is 15.0. The Bertz CT molecular complexity index is 857. The van der Waals surface area contributed by atoms with E-state index in [4.69, 9.17) is 0 Å². The lowest BCUT2D eigenvalue weighted by Gasteiger charge is -2.28. The molecule has 4 nitrogen and oxygen atoms in total. The number of hydrogen-bond donors (Lipinski definition) is 1. The lowest BCUT2D eigenvalue weighted by molar-refractivity contribution is -0.118. The van der Waals surface area contributed by atoms with E-state index in [9.17, 15) is 23.1 Å². The number of aliphatic imine (C=N–C) groups is 1. The number of alkyl halides is 3. The van der Waals surface area contributed by atoms with Crippen molar-refractivity contribution in [2.24, 2.45) is 16.8 Å². The minimum absolute atomic E-state index is 0.0286. The molecule has 0 aliphatic carbocycles. The lowest BCUT2D eigenvalue weighted by Crippen LogP contribution is -2.34. The molecule has 0 amide bonds. The summed E-state index contributed by atoms with van der Waals surface area (Å²) >= 11 is 0. The van der Waals surface area contributed by atoms with Gasteiger partial charge in [-0.3, -0.25) is 9.79 Å². The topological polar surface area (TPSA) is 52.9 Å². The molecule has 33 heavy (non-hydrogen) atoms. The van der Waals surface area contributed by atoms with Gasteiger partial charge in [-0.25, -0.2) is 0 Å². The van der Waals surface area contributed by atoms with Crippen LogP contribution in [0.1, 0.15) is 89.7 Å². The molecule has 0 saturated carbocycles. The fraction of sp³-hybridized carbons (Fsp3) is 0.692. The van der Waals surface area contributed by atoms with Crippen molar-refractivity contribution in [3.63, 3.8) is 0 Å². The highest BCUT2D eigenvalue weighted by molar-refractivity contribution is 6.01. The number of rotatable bonds is 6. The Morgan fingerprint density at radius 2 is 1.61 bits per heavy atom. The summed E-state index contributed by atoms with van der Waals surface area (Å²) in [4.78, 5) is 19.0. The Hall–Kier alpha value is -2.05. The number of nitrogens with zero attached hydrogens (tertiary/aromatic N) is 2. The van der Waals surface area contributed by atoms with E-state index < -0.39 is 12.7 Å². The Balaban J connectivity index is 2.44. The molecule has 1 aliphatic heterocycles. The van der Waals surface area contributed by atoms with Gasteiger partial charge in [0.25, 0.3) is 0 Å². The Morgan fingerprint density at radius 1 is 1.09 bits per heavy atom. The predicted molar refractivity (Wildman–Crippen MR) is 127 cm³/mol. The molecule has 186 valence electrons. The van der Waals surface area contributed by atoms with Crippen LogP contribution in [0.2, 0.25) is 0 Å². The molecule has 1 unspecified atom stereocenters. The smallest absolute Gasteiger partial charge is 0.408 e. The van der Waals surface area contributed by atoms with E-state index in [0.29, 0.717) is 29.1 Å². The second kappa shape index (κ2) is 9.67. The monoisotopic (exact) mass is 468 g/mol. The van der Waals surface area contributed by atoms with Gasteiger partial charge in [0.2, 0.25) is 0 Å². The molecule has 1 N–H and O–H groups in total. The Morgan fingerprint density at radius 3 is 2.03 bits per heavy atom. The van der Waals surface area contributed by atoms with Crippen molar-refractivity contribution in [3.05, 3.63) is 28.8 Å². The van der Waals surface area contributed by atoms with E-state index in [-0.39, 0.29) is 40.7 Å². The maximum Gasteiger partial charge on any atom is 0.408 e. The molecule has 0 aromatic heterocycles. The summed E-state index contributed by atoms with van der Waals surface area (Å²) in [7, 11) is 0. The predicted octanol–water partition coefficient (Wildman–Crippen LogP) is 6.50. The molecule has 0 spiro atoms. The van der Waals surface area contributed by atoms with Gasteiger partial charge in [0.05, 0.1) is 6.54 Å². The number of ketones is 1. The fourth-order valence-electron chi connectivity index (χ4n) is 4.51. The standard InChI is InChI=1S/C26H39F3N2O2/c1-9-10-17-13-31(23(16(17)2)30-15-26(27,28)29)14-21(32)18-11-19(24(3,4)5)22(33)20(12-18)25(6,7)8/h11-12,16-17,33H,9-10,13-15H2,1-8H3/t16?,17-/m0/s1. The van der Waals surface area contributed by atoms with Crippen molar-refractivity contribution in [2.45, 2.75) is 85.2 Å². The number of amidine groups is 1. The molecule has 1 fully saturated rings. The third-order valence-corrected chi connectivity index (χ3v) is 6.36. The highest BCUT2D eigenvalue weighted by Crippen LogP contribution is 2.40. The summed E-state index contributed by atoms with van der Waals surface area (Å²) in [5, 5.41) is 10.9. The van der Waals surface area contributed by atoms with Gasteiger partial charge in [0.1, 0.15) is 18.1 Å². The third kappa shape index (κ3) is 6.73. The van der Waals surface area contributed by atoms with Crippen LogP contribution >= 0.6 is 0 Å². The molecule has 1 aromatic rings. The fourth-order valence-corrected chi connectivity index (χ4v) is 4.51. The molecule has 2 atom stereocenters. The first-order valence-electron chi connectivity index (χ1n) is 11.7. The van der Waals surface area contributed by atoms with E-state index in [1.807, 2.05) is 55.4 Å². The number of aromatic hydroxyl groups is 1. The van der Waals surface area contributed by atoms with Crippen molar-refractivity contribution in [1.82, 2.24) is 4.90 Å². The van der Waals surface area contributed by atoms with Gasteiger partial charge < -0.3 is 10.0 Å². The van der Waals surface area contributed by atoms with Crippen LogP contribution in [-0.4, -0.2) is 47.4 Å². The number of phenolic OH excluding ortho intramolecular Hbond substituents is 1. The highest BCUT2D eigenvalue weighted by Gasteiger charge is 2.37. The van der Waals surface area contributed by atoms with Crippen LogP contribution in [0.4, 0.5) is 13.2 Å². The van der Waals surface area contributed by atoms with Crippen LogP contribution in [0.3, 0.4) is 0 Å². The molecule has 7 heteroatoms. The van der Waals surface area contributed by atoms with Crippen LogP contribution in [0.15, 0.2) is 17.1 Å². The zero-order chi connectivity index (χ0) is 25.4. The van der Waals surface area contributed by atoms with E-state index in [2.05, 4.69) is 4.99 Å². The maximum absolute atomic E-state index is 13.4. The minimum atomic E-state index is -4.38. The lowest BCUT2D eigenvalue weighted by atomic mass is 9.78. The van der Waals surface area contributed by atoms with Gasteiger partial charge in [-0.05, 0) is 35.3 Å². The van der Waals surface area contributed by atoms with Crippen molar-refractivity contribution >= 4 is 11.6 Å². The van der Waals surface area contributed by atoms with E-state index >= 15 is 0 Å². The van der Waals surface area contributed by atoms with Crippen molar-refractivity contribution < 1.29 is 23.1 Å². The van der Waals surface area contributed by atoms with Gasteiger partial charge in [0, 0.05) is 29.2 Å². The van der Waals surface area contributed by atoms with Crippen LogP contribution in [-0.2, 0) is 10.8 Å². The summed E-state index contributed by atoms with van der Waals surface area (Å²) in [5.74, 6) is 0.414. The first-order valence-corrected chi connectivity index (χ1v) is 11.7. The largest absolute Gasteiger partial charge is 0.507 e. The van der Waals surface area contributed by atoms with Crippen molar-refractivity contribution in [3.8, 4) is 5.75 Å². The number of phenols is 1. The number of benzene rings is 1. The van der Waals surface area contributed by atoms with Gasteiger partial charge in [-0.1, -0.05) is 61.8 Å². The minimum Gasteiger partial charge on any atom is -0.507 e. The molecule has 0 radical (unpaired) electrons. The third-order valence-electron chi connectivity index (χ3n) is 6.36. The van der Waals surface area contributed by atoms with Crippen LogP contribution < -0.4 is 0 Å². The van der Waals surface area contributed by atoms with Crippen LogP contribution in [0.5, 0.6) is 5.75 Å². The van der Waals surface area contributed by atoms with E-state index in [1.54, 1.807) is 17.0 Å². The van der Waals surface area contributed by atoms with E-state index in [0.717, 1.165) is 12.8 Å². The molecule has 0 bridgehead atoms. The van der Waals surface area contributed by atoms with Gasteiger partial charge >= 0.3 is 6.18 Å². The van der Waals surface area contributed by atoms with Gasteiger partial charge in [-0.15, -0.1) is 0 Å². The van der Waals surface area contributed by atoms with E-state index in [1.165, 1.54) is 0 Å². The Kier molecular flexibility index (Phi) is 7.97. The molecule has 1 aliphatic rings. The van der Waals surface area contributed by atoms with Crippen LogP contribution in [0, 0.1) is 11.8 Å². The number of carbonyl (C=O) groups is 1. The van der Waals surface area contributed by atoms with Crippen molar-refractivity contribution in [2.75, 3.05) is 19.6 Å². The SMILES string of the molecule is CCC[C@H]1CN(CC(=O)c2cc(C(C)(C)C)c(O)c(C(C)(C)C)c2)C(=NCC(F)(F)F)C1C. The Labute approximate surface area is 196 Å². The average molecular weight is 469 g/mol. The highest BCUT2D eigenvalue weighted by atomic mass is 19.4. The summed E-state index contributed by atoms with van der Waals surface area (Å²) in [5.41, 5.74) is 1.07. The zero-order valence-corrected chi connectivity index (χ0v) is 21.2. The molecule has 2 rings (SSSR count). The second-order valence-electron chi connectivity index (χ2n) is 11.4. The zero-order valence-electron chi connectivity index (χ0n) is 21.2. The molecule has 1 saturated heterocycles. The number of likely N-dealkylation sites (tertiary alicyclic amines) is 1. The average Bonchev–Trinajstić information content (AvgIpc) is 2.92. The summed E-state index contributed by atoms with van der Waals surface area (Å²) in [6, 6.07) is 3.45. The number of Topliss-reactive ketones (excluding diaryl/α,β-unsaturated/α-hetero) is 1. The molecular formula is C26H39F3N2O2. The molecular weight excluding hydrogens is 429 g/mol. The van der Waals surface area contributed by atoms with Crippen molar-refractivity contribution in [1.29, 1.82) is 0 Å². The van der Waals surface area contributed by atoms with Crippen LogP contribution in [0.25, 0.3) is 0 Å². The number of hydrogen-bond acceptors (Lipinski definition) is 3. The quantitative estimate of drug-likeness (QED) is 0.485. The summed E-state index contributed by atoms with van der Waals surface area (Å²) in [6.07, 6.45) is -2.59. The van der Waals surface area contributed by atoms with Gasteiger partial charge in [0.15, 0.2) is 5.78 Å². The first-order chi connectivity index (χ1) is 15.0. The summed E-state index contributed by atoms with van der Waals surface area (Å²) < 4.78 is 38.6. The maximum atomic E-state index is 13.4. The molecule has 1 aromatic carbocycles. The number of carbonyl (C=O) groups excluding carboxylic acids is 1. The number of halogens is 3. The molecule has 1 heterocycles. The van der Waals surface area contributed by atoms with Gasteiger partial charge in [-0.2, -0.15) is 13.2 Å². The first kappa shape index (κ1) is 27.2. The second-order valence-corrected chi connectivity index (χ2v) is 11.4.